The van der Waals surface area contributed by atoms with Crippen molar-refractivity contribution in [3.63, 3.8) is 0 Å². The molecule has 1 aromatic rings. The molecular formula is C18H24F3NO3. The lowest BCUT2D eigenvalue weighted by Crippen LogP contribution is -2.39. The summed E-state index contributed by atoms with van der Waals surface area (Å²) in [4.78, 5) is 14.0. The van der Waals surface area contributed by atoms with Crippen molar-refractivity contribution in [2.45, 2.75) is 45.4 Å². The van der Waals surface area contributed by atoms with E-state index < -0.39 is 17.3 Å². The predicted octanol–water partition coefficient (Wildman–Crippen LogP) is 4.27. The van der Waals surface area contributed by atoms with E-state index in [0.29, 0.717) is 37.4 Å². The van der Waals surface area contributed by atoms with Crippen LogP contribution in [0.4, 0.5) is 18.9 Å². The molecule has 0 N–H and O–H groups in total. The molecule has 0 spiro atoms. The molecule has 1 fully saturated rings. The molecule has 0 saturated carbocycles. The third kappa shape index (κ3) is 5.03. The van der Waals surface area contributed by atoms with Crippen LogP contribution in [-0.4, -0.2) is 31.8 Å². The molecule has 1 aliphatic rings. The number of methoxy groups -OCH3 is 1. The van der Waals surface area contributed by atoms with E-state index in [4.69, 9.17) is 9.47 Å². The van der Waals surface area contributed by atoms with E-state index in [0.717, 1.165) is 12.1 Å². The SMILES string of the molecule is COc1ccc(C(F)(F)F)cc1N1CCC(C(=O)OC(C)(C)C)CC1. The normalized spacial score (nSPS) is 16.7. The van der Waals surface area contributed by atoms with Gasteiger partial charge in [0.15, 0.2) is 0 Å². The maximum Gasteiger partial charge on any atom is 0.416 e. The van der Waals surface area contributed by atoms with Crippen molar-refractivity contribution in [1.82, 2.24) is 0 Å². The molecule has 0 unspecified atom stereocenters. The number of piperidine rings is 1. The topological polar surface area (TPSA) is 38.8 Å². The Bertz CT molecular complexity index is 615. The molecule has 1 saturated heterocycles. The molecule has 4 nitrogen and oxygen atoms in total. The van der Waals surface area contributed by atoms with Crippen LogP contribution in [0, 0.1) is 5.92 Å². The van der Waals surface area contributed by atoms with Crippen LogP contribution in [0.2, 0.25) is 0 Å². The molecule has 0 radical (unpaired) electrons. The third-order valence-corrected chi connectivity index (χ3v) is 4.08. The number of hydrogen-bond acceptors (Lipinski definition) is 4. The van der Waals surface area contributed by atoms with E-state index in [1.165, 1.54) is 13.2 Å². The van der Waals surface area contributed by atoms with Gasteiger partial charge in [-0.3, -0.25) is 4.79 Å². The molecule has 140 valence electrons. The van der Waals surface area contributed by atoms with Crippen LogP contribution in [0.15, 0.2) is 18.2 Å². The summed E-state index contributed by atoms with van der Waals surface area (Å²) in [6.45, 7) is 6.39. The Balaban J connectivity index is 2.11. The predicted molar refractivity (Wildman–Crippen MR) is 88.8 cm³/mol. The van der Waals surface area contributed by atoms with Crippen molar-refractivity contribution in [2.75, 3.05) is 25.1 Å². The van der Waals surface area contributed by atoms with Gasteiger partial charge in [0.1, 0.15) is 11.4 Å². The van der Waals surface area contributed by atoms with E-state index in [-0.39, 0.29) is 11.9 Å². The molecule has 1 aliphatic heterocycles. The summed E-state index contributed by atoms with van der Waals surface area (Å²) in [7, 11) is 1.43. The molecule has 0 bridgehead atoms. The first-order chi connectivity index (χ1) is 11.5. The Hall–Kier alpha value is -1.92. The Morgan fingerprint density at radius 1 is 1.16 bits per heavy atom. The number of carbonyl (C=O) groups is 1. The van der Waals surface area contributed by atoms with E-state index >= 15 is 0 Å². The van der Waals surface area contributed by atoms with Crippen molar-refractivity contribution in [3.8, 4) is 5.75 Å². The second-order valence-corrected chi connectivity index (χ2v) is 7.18. The summed E-state index contributed by atoms with van der Waals surface area (Å²) in [6, 6.07) is 3.44. The van der Waals surface area contributed by atoms with Gasteiger partial charge in [0, 0.05) is 13.1 Å². The summed E-state index contributed by atoms with van der Waals surface area (Å²) in [5, 5.41) is 0. The number of benzene rings is 1. The lowest BCUT2D eigenvalue weighted by atomic mass is 9.96. The van der Waals surface area contributed by atoms with Gasteiger partial charge in [0.25, 0.3) is 0 Å². The molecule has 0 aromatic heterocycles. The van der Waals surface area contributed by atoms with Crippen molar-refractivity contribution in [2.24, 2.45) is 5.92 Å². The number of halogens is 3. The zero-order valence-corrected chi connectivity index (χ0v) is 14.9. The number of hydrogen-bond donors (Lipinski definition) is 0. The molecule has 0 amide bonds. The minimum Gasteiger partial charge on any atom is -0.495 e. The Kier molecular flexibility index (Phi) is 5.54. The van der Waals surface area contributed by atoms with E-state index in [1.54, 1.807) is 0 Å². The minimum absolute atomic E-state index is 0.229. The van der Waals surface area contributed by atoms with E-state index in [1.807, 2.05) is 25.7 Å². The maximum atomic E-state index is 13.0. The van der Waals surface area contributed by atoms with Crippen LogP contribution in [0.1, 0.15) is 39.2 Å². The average molecular weight is 359 g/mol. The van der Waals surface area contributed by atoms with Crippen LogP contribution in [0.5, 0.6) is 5.75 Å². The number of ether oxygens (including phenoxy) is 2. The Morgan fingerprint density at radius 2 is 1.76 bits per heavy atom. The van der Waals surface area contributed by atoms with Crippen molar-refractivity contribution >= 4 is 11.7 Å². The summed E-state index contributed by atoms with van der Waals surface area (Å²) in [5.74, 6) is -0.0841. The lowest BCUT2D eigenvalue weighted by molar-refractivity contribution is -0.160. The Morgan fingerprint density at radius 3 is 2.24 bits per heavy atom. The molecule has 7 heteroatoms. The van der Waals surface area contributed by atoms with Gasteiger partial charge in [-0.05, 0) is 51.8 Å². The summed E-state index contributed by atoms with van der Waals surface area (Å²) < 4.78 is 49.5. The second-order valence-electron chi connectivity index (χ2n) is 7.18. The average Bonchev–Trinajstić information content (AvgIpc) is 2.52. The molecule has 25 heavy (non-hydrogen) atoms. The molecule has 1 aromatic carbocycles. The van der Waals surface area contributed by atoms with Crippen LogP contribution in [0.25, 0.3) is 0 Å². The summed E-state index contributed by atoms with van der Waals surface area (Å²) in [5.41, 5.74) is -0.851. The van der Waals surface area contributed by atoms with Crippen LogP contribution in [0.3, 0.4) is 0 Å². The largest absolute Gasteiger partial charge is 0.495 e. The molecule has 2 rings (SSSR count). The highest BCUT2D eigenvalue weighted by molar-refractivity contribution is 5.73. The first-order valence-electron chi connectivity index (χ1n) is 8.24. The maximum absolute atomic E-state index is 13.0. The highest BCUT2D eigenvalue weighted by atomic mass is 19.4. The monoisotopic (exact) mass is 359 g/mol. The van der Waals surface area contributed by atoms with Gasteiger partial charge >= 0.3 is 12.1 Å². The lowest BCUT2D eigenvalue weighted by Gasteiger charge is -2.34. The van der Waals surface area contributed by atoms with Gasteiger partial charge < -0.3 is 14.4 Å². The standard InChI is InChI=1S/C18H24F3NO3/c1-17(2,3)25-16(23)12-7-9-22(10-8-12)14-11-13(18(19,20)21)5-6-15(14)24-4/h5-6,11-12H,7-10H2,1-4H3. The molecule has 0 atom stereocenters. The van der Waals surface area contributed by atoms with Crippen LogP contribution < -0.4 is 9.64 Å². The quantitative estimate of drug-likeness (QED) is 0.756. The summed E-state index contributed by atoms with van der Waals surface area (Å²) >= 11 is 0. The molecular weight excluding hydrogens is 335 g/mol. The number of anilines is 1. The highest BCUT2D eigenvalue weighted by Gasteiger charge is 2.33. The van der Waals surface area contributed by atoms with E-state index in [9.17, 15) is 18.0 Å². The number of esters is 1. The first kappa shape index (κ1) is 19.4. The zero-order valence-electron chi connectivity index (χ0n) is 14.9. The Labute approximate surface area is 145 Å². The van der Waals surface area contributed by atoms with Gasteiger partial charge in [-0.2, -0.15) is 13.2 Å². The van der Waals surface area contributed by atoms with Crippen LogP contribution in [-0.2, 0) is 15.7 Å². The van der Waals surface area contributed by atoms with Crippen molar-refractivity contribution in [3.05, 3.63) is 23.8 Å². The zero-order chi connectivity index (χ0) is 18.8. The van der Waals surface area contributed by atoms with Crippen molar-refractivity contribution in [1.29, 1.82) is 0 Å². The molecule has 1 heterocycles. The van der Waals surface area contributed by atoms with Gasteiger partial charge in [-0.15, -0.1) is 0 Å². The van der Waals surface area contributed by atoms with Gasteiger partial charge in [-0.25, -0.2) is 0 Å². The first-order valence-corrected chi connectivity index (χ1v) is 8.24. The fourth-order valence-electron chi connectivity index (χ4n) is 2.85. The summed E-state index contributed by atoms with van der Waals surface area (Å²) in [6.07, 6.45) is -3.33. The van der Waals surface area contributed by atoms with Crippen molar-refractivity contribution < 1.29 is 27.4 Å². The van der Waals surface area contributed by atoms with Gasteiger partial charge in [0.05, 0.1) is 24.3 Å². The number of alkyl halides is 3. The minimum atomic E-state index is -4.41. The fraction of sp³-hybridized carbons (Fsp3) is 0.611. The molecule has 0 aliphatic carbocycles. The van der Waals surface area contributed by atoms with Crippen LogP contribution >= 0.6 is 0 Å². The number of nitrogens with zero attached hydrogens (tertiary/aromatic N) is 1. The number of carbonyl (C=O) groups excluding carboxylic acids is 1. The fourth-order valence-corrected chi connectivity index (χ4v) is 2.85. The second kappa shape index (κ2) is 7.14. The van der Waals surface area contributed by atoms with Gasteiger partial charge in [-0.1, -0.05) is 0 Å². The van der Waals surface area contributed by atoms with E-state index in [2.05, 4.69) is 0 Å². The smallest absolute Gasteiger partial charge is 0.416 e. The third-order valence-electron chi connectivity index (χ3n) is 4.08. The number of rotatable bonds is 3. The highest BCUT2D eigenvalue weighted by Crippen LogP contribution is 2.38. The van der Waals surface area contributed by atoms with Gasteiger partial charge in [0.2, 0.25) is 0 Å².